The summed E-state index contributed by atoms with van der Waals surface area (Å²) in [5.41, 5.74) is 9.58. The Kier molecular flexibility index (Phi) is 7.02. The molecule has 4 heterocycles. The molecule has 0 bridgehead atoms. The van der Waals surface area contributed by atoms with E-state index in [-0.39, 0.29) is 6.09 Å². The van der Waals surface area contributed by atoms with Gasteiger partial charge in [-0.25, -0.2) is 4.79 Å². The van der Waals surface area contributed by atoms with E-state index in [0.717, 1.165) is 70.4 Å². The van der Waals surface area contributed by atoms with Crippen molar-refractivity contribution in [3.8, 4) is 0 Å². The number of aromatic nitrogens is 2. The van der Waals surface area contributed by atoms with Crippen molar-refractivity contribution in [1.29, 1.82) is 0 Å². The topological polar surface area (TPSA) is 94.3 Å². The van der Waals surface area contributed by atoms with E-state index >= 15 is 0 Å². The normalized spacial score (nSPS) is 19.1. The first kappa shape index (κ1) is 25.4. The Morgan fingerprint density at radius 1 is 0.838 bits per heavy atom. The second kappa shape index (κ2) is 10.2. The standard InChI is InChI=1S/C27H40N8O2/c1-27(2,3)37-26(36)34-15-13-32(14-16-34)22-6-5-20-7-8-35(19-21(20)17-22)24-18-23(29-25(28)30-24)33-11-9-31(4)10-12-33/h5-6,17-18H,7-16,19H2,1-4H3,(H2,28,29,30). The minimum atomic E-state index is -0.474. The highest BCUT2D eigenvalue weighted by Gasteiger charge is 2.27. The van der Waals surface area contributed by atoms with Crippen LogP contribution in [0.4, 0.5) is 28.1 Å². The van der Waals surface area contributed by atoms with E-state index < -0.39 is 5.60 Å². The summed E-state index contributed by atoms with van der Waals surface area (Å²) >= 11 is 0. The van der Waals surface area contributed by atoms with Gasteiger partial charge >= 0.3 is 6.09 Å². The second-order valence-corrected chi connectivity index (χ2v) is 11.3. The fourth-order valence-corrected chi connectivity index (χ4v) is 5.21. The Morgan fingerprint density at radius 2 is 1.49 bits per heavy atom. The zero-order valence-electron chi connectivity index (χ0n) is 22.6. The lowest BCUT2D eigenvalue weighted by Crippen LogP contribution is -2.50. The summed E-state index contributed by atoms with van der Waals surface area (Å²) < 4.78 is 5.55. The molecule has 2 aromatic rings. The van der Waals surface area contributed by atoms with Gasteiger partial charge in [0.1, 0.15) is 17.2 Å². The lowest BCUT2D eigenvalue weighted by Gasteiger charge is -2.37. The number of carbonyl (C=O) groups excluding carboxylic acids is 1. The fraction of sp³-hybridized carbons (Fsp3) is 0.593. The predicted molar refractivity (Wildman–Crippen MR) is 147 cm³/mol. The number of ether oxygens (including phenoxy) is 1. The monoisotopic (exact) mass is 508 g/mol. The molecule has 1 aromatic heterocycles. The Balaban J connectivity index is 1.26. The largest absolute Gasteiger partial charge is 0.444 e. The average molecular weight is 509 g/mol. The Bertz CT molecular complexity index is 1120. The molecule has 1 aromatic carbocycles. The van der Waals surface area contributed by atoms with Crippen molar-refractivity contribution in [2.45, 2.75) is 39.3 Å². The number of hydrogen-bond acceptors (Lipinski definition) is 9. The number of hydrogen-bond donors (Lipinski definition) is 1. The zero-order chi connectivity index (χ0) is 26.2. The fourth-order valence-electron chi connectivity index (χ4n) is 5.21. The molecule has 2 fully saturated rings. The lowest BCUT2D eigenvalue weighted by atomic mass is 9.98. The molecule has 200 valence electrons. The first-order valence-corrected chi connectivity index (χ1v) is 13.3. The van der Waals surface area contributed by atoms with Crippen LogP contribution in [0.25, 0.3) is 0 Å². The average Bonchev–Trinajstić information content (AvgIpc) is 2.87. The molecule has 0 radical (unpaired) electrons. The van der Waals surface area contributed by atoms with Crippen molar-refractivity contribution in [2.24, 2.45) is 0 Å². The SMILES string of the molecule is CN1CCN(c2cc(N3CCc4ccc(N5CCN(C(=O)OC(C)(C)C)CC5)cc4C3)nc(N)n2)CC1. The van der Waals surface area contributed by atoms with Gasteiger partial charge in [-0.3, -0.25) is 0 Å². The van der Waals surface area contributed by atoms with Crippen LogP contribution in [0.2, 0.25) is 0 Å². The molecule has 10 nitrogen and oxygen atoms in total. The van der Waals surface area contributed by atoms with Crippen LogP contribution < -0.4 is 20.4 Å². The number of nitrogens with two attached hydrogens (primary N) is 1. The maximum atomic E-state index is 12.4. The van der Waals surface area contributed by atoms with E-state index in [1.165, 1.54) is 16.8 Å². The van der Waals surface area contributed by atoms with Crippen LogP contribution in [-0.4, -0.2) is 97.4 Å². The maximum Gasteiger partial charge on any atom is 0.410 e. The summed E-state index contributed by atoms with van der Waals surface area (Å²) in [7, 11) is 2.15. The van der Waals surface area contributed by atoms with Crippen molar-refractivity contribution >= 4 is 29.4 Å². The summed E-state index contributed by atoms with van der Waals surface area (Å²) in [6.45, 7) is 14.2. The van der Waals surface area contributed by atoms with Crippen LogP contribution in [0.3, 0.4) is 0 Å². The highest BCUT2D eigenvalue weighted by molar-refractivity contribution is 5.69. The summed E-state index contributed by atoms with van der Waals surface area (Å²) in [5, 5.41) is 0. The van der Waals surface area contributed by atoms with Gasteiger partial charge in [0.25, 0.3) is 0 Å². The summed E-state index contributed by atoms with van der Waals surface area (Å²) in [6.07, 6.45) is 0.740. The van der Waals surface area contributed by atoms with Crippen molar-refractivity contribution in [3.05, 3.63) is 35.4 Å². The van der Waals surface area contributed by atoms with Gasteiger partial charge in [-0.05, 0) is 57.5 Å². The summed E-state index contributed by atoms with van der Waals surface area (Å²) in [6, 6.07) is 8.86. The molecule has 0 unspecified atom stereocenters. The number of rotatable bonds is 3. The highest BCUT2D eigenvalue weighted by Crippen LogP contribution is 2.30. The molecular formula is C27H40N8O2. The van der Waals surface area contributed by atoms with Crippen molar-refractivity contribution in [2.75, 3.05) is 86.4 Å². The molecule has 37 heavy (non-hydrogen) atoms. The summed E-state index contributed by atoms with van der Waals surface area (Å²) in [5.74, 6) is 2.13. The third-order valence-electron chi connectivity index (χ3n) is 7.37. The predicted octanol–water partition coefficient (Wildman–Crippen LogP) is 2.43. The Hall–Kier alpha value is -3.27. The molecular weight excluding hydrogens is 468 g/mol. The molecule has 2 saturated heterocycles. The van der Waals surface area contributed by atoms with Crippen molar-refractivity contribution in [3.63, 3.8) is 0 Å². The van der Waals surface area contributed by atoms with Crippen LogP contribution in [0.5, 0.6) is 0 Å². The zero-order valence-corrected chi connectivity index (χ0v) is 22.6. The van der Waals surface area contributed by atoms with Crippen LogP contribution in [0.15, 0.2) is 24.3 Å². The number of fused-ring (bicyclic) bond motifs is 1. The molecule has 0 spiro atoms. The second-order valence-electron chi connectivity index (χ2n) is 11.3. The van der Waals surface area contributed by atoms with Gasteiger partial charge in [0.2, 0.25) is 5.95 Å². The molecule has 0 atom stereocenters. The molecule has 1 amide bonds. The number of carbonyl (C=O) groups is 1. The Morgan fingerprint density at radius 3 is 2.16 bits per heavy atom. The van der Waals surface area contributed by atoms with Gasteiger partial charge in [-0.2, -0.15) is 9.97 Å². The molecule has 2 N–H and O–H groups in total. The molecule has 0 saturated carbocycles. The summed E-state index contributed by atoms with van der Waals surface area (Å²) in [4.78, 5) is 32.7. The van der Waals surface area contributed by atoms with Crippen LogP contribution >= 0.6 is 0 Å². The lowest BCUT2D eigenvalue weighted by molar-refractivity contribution is 0.0240. The minimum Gasteiger partial charge on any atom is -0.444 e. The molecule has 5 rings (SSSR count). The van der Waals surface area contributed by atoms with E-state index in [1.807, 2.05) is 20.8 Å². The number of amides is 1. The third-order valence-corrected chi connectivity index (χ3v) is 7.37. The highest BCUT2D eigenvalue weighted by atomic mass is 16.6. The smallest absolute Gasteiger partial charge is 0.410 e. The van der Waals surface area contributed by atoms with Gasteiger partial charge < -0.3 is 35.0 Å². The van der Waals surface area contributed by atoms with E-state index in [2.05, 4.69) is 60.9 Å². The van der Waals surface area contributed by atoms with Gasteiger partial charge in [-0.1, -0.05) is 6.07 Å². The van der Waals surface area contributed by atoms with Crippen molar-refractivity contribution in [1.82, 2.24) is 19.8 Å². The van der Waals surface area contributed by atoms with Gasteiger partial charge in [0, 0.05) is 77.2 Å². The molecule has 10 heteroatoms. The van der Waals surface area contributed by atoms with E-state index in [0.29, 0.717) is 19.0 Å². The quantitative estimate of drug-likeness (QED) is 0.671. The van der Waals surface area contributed by atoms with Gasteiger partial charge in [0.05, 0.1) is 0 Å². The minimum absolute atomic E-state index is 0.228. The van der Waals surface area contributed by atoms with E-state index in [9.17, 15) is 4.79 Å². The number of likely N-dealkylation sites (N-methyl/N-ethyl adjacent to an activating group) is 1. The van der Waals surface area contributed by atoms with Gasteiger partial charge in [-0.15, -0.1) is 0 Å². The first-order chi connectivity index (χ1) is 17.6. The van der Waals surface area contributed by atoms with E-state index in [4.69, 9.17) is 10.5 Å². The number of nitrogens with zero attached hydrogens (tertiary/aromatic N) is 7. The number of anilines is 4. The van der Waals surface area contributed by atoms with Crippen LogP contribution in [-0.2, 0) is 17.7 Å². The van der Waals surface area contributed by atoms with E-state index in [1.54, 1.807) is 4.90 Å². The maximum absolute atomic E-state index is 12.4. The third kappa shape index (κ3) is 6.01. The number of piperazine rings is 2. The van der Waals surface area contributed by atoms with Crippen LogP contribution in [0.1, 0.15) is 31.9 Å². The van der Waals surface area contributed by atoms with Crippen LogP contribution in [0, 0.1) is 0 Å². The Labute approximate surface area is 220 Å². The van der Waals surface area contributed by atoms with Crippen molar-refractivity contribution < 1.29 is 9.53 Å². The first-order valence-electron chi connectivity index (χ1n) is 13.3. The molecule has 0 aliphatic carbocycles. The molecule has 3 aliphatic heterocycles. The van der Waals surface area contributed by atoms with Gasteiger partial charge in [0.15, 0.2) is 0 Å². The molecule has 3 aliphatic rings. The number of nitrogen functional groups attached to an aromatic ring is 1. The number of benzene rings is 1.